The summed E-state index contributed by atoms with van der Waals surface area (Å²) in [5, 5.41) is 7.97. The van der Waals surface area contributed by atoms with Crippen LogP contribution >= 0.6 is 0 Å². The van der Waals surface area contributed by atoms with Gasteiger partial charge in [0.15, 0.2) is 12.2 Å². The minimum atomic E-state index is -1.41. The quantitative estimate of drug-likeness (QED) is 0.278. The van der Waals surface area contributed by atoms with Gasteiger partial charge in [-0.3, -0.25) is 9.59 Å². The van der Waals surface area contributed by atoms with Gasteiger partial charge in [-0.05, 0) is 0 Å². The van der Waals surface area contributed by atoms with Crippen molar-refractivity contribution in [3.8, 4) is 6.07 Å². The van der Waals surface area contributed by atoms with Crippen LogP contribution in [0.4, 0.5) is 0 Å². The first-order valence-electron chi connectivity index (χ1n) is 2.10. The Balaban J connectivity index is 4.15. The molecule has 0 aromatic rings. The van der Waals surface area contributed by atoms with Gasteiger partial charge in [-0.25, -0.2) is 0 Å². The van der Waals surface area contributed by atoms with Crippen molar-refractivity contribution in [2.24, 2.45) is 5.92 Å². The minimum absolute atomic E-state index is 0.0394. The van der Waals surface area contributed by atoms with E-state index in [2.05, 4.69) is 0 Å². The second kappa shape index (κ2) is 3.50. The molecule has 9 heavy (non-hydrogen) atoms. The number of rotatable bonds is 3. The average molecular weight is 125 g/mol. The lowest BCUT2D eigenvalue weighted by Crippen LogP contribution is -2.14. The Labute approximate surface area is 51.1 Å². The van der Waals surface area contributed by atoms with Crippen molar-refractivity contribution in [2.45, 2.75) is 0 Å². The third-order valence-electron chi connectivity index (χ3n) is 0.698. The van der Waals surface area contributed by atoms with Crippen LogP contribution in [0.25, 0.3) is 0 Å². The molecule has 0 N–H and O–H groups in total. The first-order valence-corrected chi connectivity index (χ1v) is 2.10. The fraction of sp³-hybridized carbons (Fsp3) is 0.200. The molecule has 0 aliphatic carbocycles. The molecule has 46 valence electrons. The van der Waals surface area contributed by atoms with Crippen LogP contribution in [0.1, 0.15) is 0 Å². The van der Waals surface area contributed by atoms with Gasteiger partial charge >= 0.3 is 0 Å². The summed E-state index contributed by atoms with van der Waals surface area (Å²) < 4.78 is 0. The Kier molecular flexibility index (Phi) is 2.91. The van der Waals surface area contributed by atoms with E-state index in [0.29, 0.717) is 0 Å². The van der Waals surface area contributed by atoms with E-state index in [1.807, 2.05) is 0 Å². The lowest BCUT2D eigenvalue weighted by molar-refractivity contribution is -0.133. The van der Waals surface area contributed by atoms with Crippen LogP contribution in [-0.2, 0) is 14.4 Å². The van der Waals surface area contributed by atoms with Gasteiger partial charge in [-0.2, -0.15) is 5.26 Å². The predicted molar refractivity (Wildman–Crippen MR) is 26.2 cm³/mol. The average Bonchev–Trinajstić information content (AvgIpc) is 1.90. The molecular weight excluding hydrogens is 122 g/mol. The Morgan fingerprint density at radius 2 is 2.11 bits per heavy atom. The van der Waals surface area contributed by atoms with Crippen molar-refractivity contribution in [2.75, 3.05) is 0 Å². The Morgan fingerprint density at radius 3 is 2.22 bits per heavy atom. The highest BCUT2D eigenvalue weighted by Gasteiger charge is 2.14. The highest BCUT2D eigenvalue weighted by atomic mass is 16.2. The van der Waals surface area contributed by atoms with E-state index < -0.39 is 11.7 Å². The molecule has 0 fully saturated rings. The van der Waals surface area contributed by atoms with Gasteiger partial charge in [0, 0.05) is 0 Å². The standard InChI is InChI=1S/C5H3NO3/c6-1-4(2-7)5(9)3-8/h2-4H. The fourth-order valence-corrected chi connectivity index (χ4v) is 0.234. The molecule has 0 heterocycles. The van der Waals surface area contributed by atoms with Crippen LogP contribution in [0.15, 0.2) is 0 Å². The van der Waals surface area contributed by atoms with Crippen LogP contribution < -0.4 is 0 Å². The van der Waals surface area contributed by atoms with Gasteiger partial charge in [0.25, 0.3) is 0 Å². The molecule has 0 aromatic carbocycles. The van der Waals surface area contributed by atoms with Crippen molar-refractivity contribution in [3.05, 3.63) is 0 Å². The van der Waals surface area contributed by atoms with E-state index in [-0.39, 0.29) is 12.6 Å². The van der Waals surface area contributed by atoms with Gasteiger partial charge in [-0.15, -0.1) is 0 Å². The molecule has 1 atom stereocenters. The van der Waals surface area contributed by atoms with Gasteiger partial charge in [0.2, 0.25) is 5.78 Å². The molecule has 1 unspecified atom stereocenters. The third kappa shape index (κ3) is 1.82. The number of hydrogen-bond acceptors (Lipinski definition) is 4. The Morgan fingerprint density at radius 1 is 1.56 bits per heavy atom. The van der Waals surface area contributed by atoms with Crippen LogP contribution in [0.2, 0.25) is 0 Å². The maximum absolute atomic E-state index is 10.2. The topological polar surface area (TPSA) is 75.0 Å². The van der Waals surface area contributed by atoms with Crippen molar-refractivity contribution in [3.63, 3.8) is 0 Å². The number of nitriles is 1. The number of Topliss-reactive ketones (excluding diaryl/α,β-unsaturated/α-hetero) is 1. The summed E-state index contributed by atoms with van der Waals surface area (Å²) in [4.78, 5) is 29.5. The Hall–Kier alpha value is -1.50. The summed E-state index contributed by atoms with van der Waals surface area (Å²) in [6.07, 6.45) is 0.0962. The highest BCUT2D eigenvalue weighted by molar-refractivity contribution is 6.30. The van der Waals surface area contributed by atoms with Gasteiger partial charge in [0.05, 0.1) is 6.07 Å². The van der Waals surface area contributed by atoms with Gasteiger partial charge in [0.1, 0.15) is 6.29 Å². The van der Waals surface area contributed by atoms with E-state index in [4.69, 9.17) is 5.26 Å². The smallest absolute Gasteiger partial charge is 0.219 e. The number of aldehydes is 2. The van der Waals surface area contributed by atoms with Crippen molar-refractivity contribution < 1.29 is 14.4 Å². The first kappa shape index (κ1) is 7.50. The summed E-state index contributed by atoms with van der Waals surface area (Å²) in [7, 11) is 0. The third-order valence-corrected chi connectivity index (χ3v) is 0.698. The molecule has 0 saturated heterocycles. The predicted octanol–water partition coefficient (Wildman–Crippen LogP) is -0.907. The van der Waals surface area contributed by atoms with Gasteiger partial charge < -0.3 is 4.79 Å². The summed E-state index contributed by atoms with van der Waals surface area (Å²) in [6.45, 7) is 0. The molecule has 0 aliphatic rings. The molecule has 0 saturated carbocycles. The molecule has 0 amide bonds. The number of carbonyl (C=O) groups is 3. The molecule has 4 nitrogen and oxygen atoms in total. The highest BCUT2D eigenvalue weighted by Crippen LogP contribution is 1.86. The zero-order valence-electron chi connectivity index (χ0n) is 4.40. The summed E-state index contributed by atoms with van der Waals surface area (Å²) >= 11 is 0. The SMILES string of the molecule is N#CC(C=O)C(=O)C=O. The number of nitrogens with zero attached hydrogens (tertiary/aromatic N) is 1. The Bertz CT molecular complexity index is 179. The fourth-order valence-electron chi connectivity index (χ4n) is 0.234. The summed E-state index contributed by atoms with van der Waals surface area (Å²) in [5.74, 6) is -2.41. The minimum Gasteiger partial charge on any atom is -0.301 e. The maximum atomic E-state index is 10.2. The van der Waals surface area contributed by atoms with Crippen LogP contribution in [-0.4, -0.2) is 18.4 Å². The van der Waals surface area contributed by atoms with Gasteiger partial charge in [-0.1, -0.05) is 0 Å². The number of ketones is 1. The molecule has 0 aliphatic heterocycles. The van der Waals surface area contributed by atoms with Crippen molar-refractivity contribution >= 4 is 18.4 Å². The number of hydrogen-bond donors (Lipinski definition) is 0. The molecule has 0 spiro atoms. The van der Waals surface area contributed by atoms with E-state index in [0.717, 1.165) is 0 Å². The van der Waals surface area contributed by atoms with E-state index in [1.165, 1.54) is 6.07 Å². The molecule has 4 heteroatoms. The molecule has 0 radical (unpaired) electrons. The zero-order valence-corrected chi connectivity index (χ0v) is 4.40. The molecular formula is C5H3NO3. The zero-order chi connectivity index (χ0) is 7.28. The largest absolute Gasteiger partial charge is 0.301 e. The summed E-state index contributed by atoms with van der Waals surface area (Å²) in [5.41, 5.74) is 0. The van der Waals surface area contributed by atoms with E-state index >= 15 is 0 Å². The maximum Gasteiger partial charge on any atom is 0.219 e. The van der Waals surface area contributed by atoms with Crippen molar-refractivity contribution in [1.82, 2.24) is 0 Å². The van der Waals surface area contributed by atoms with Crippen LogP contribution in [0.5, 0.6) is 0 Å². The second-order valence-electron chi connectivity index (χ2n) is 1.26. The second-order valence-corrected chi connectivity index (χ2v) is 1.26. The molecule has 0 aromatic heterocycles. The first-order chi connectivity index (χ1) is 4.26. The van der Waals surface area contributed by atoms with Crippen LogP contribution in [0, 0.1) is 17.2 Å². The molecule has 0 bridgehead atoms. The lowest BCUT2D eigenvalue weighted by atomic mass is 10.1. The van der Waals surface area contributed by atoms with E-state index in [9.17, 15) is 14.4 Å². The monoisotopic (exact) mass is 125 g/mol. The normalized spacial score (nSPS) is 11.0. The molecule has 0 rings (SSSR count). The summed E-state index contributed by atoms with van der Waals surface area (Å²) in [6, 6.07) is 1.35. The van der Waals surface area contributed by atoms with Crippen molar-refractivity contribution in [1.29, 1.82) is 5.26 Å². The number of carbonyl (C=O) groups excluding carboxylic acids is 3. The lowest BCUT2D eigenvalue weighted by Gasteiger charge is -1.85. The van der Waals surface area contributed by atoms with E-state index in [1.54, 1.807) is 0 Å². The van der Waals surface area contributed by atoms with Crippen LogP contribution in [0.3, 0.4) is 0 Å².